The molecule has 8 nitrogen and oxygen atoms in total. The van der Waals surface area contributed by atoms with E-state index in [2.05, 4.69) is 38.0 Å². The summed E-state index contributed by atoms with van der Waals surface area (Å²) >= 11 is 0. The molecule has 1 aliphatic heterocycles. The lowest BCUT2D eigenvalue weighted by Gasteiger charge is -2.30. The van der Waals surface area contributed by atoms with Crippen molar-refractivity contribution in [3.8, 4) is 22.6 Å². The largest absolute Gasteiger partial charge is 0.488 e. The Balaban J connectivity index is 1.49. The molecule has 2 aromatic rings. The van der Waals surface area contributed by atoms with Crippen LogP contribution in [0.3, 0.4) is 0 Å². The Morgan fingerprint density at radius 3 is 2.63 bits per heavy atom. The Morgan fingerprint density at radius 1 is 1.23 bits per heavy atom. The average molecular weight is 482 g/mol. The van der Waals surface area contributed by atoms with E-state index in [0.717, 1.165) is 41.0 Å². The molecule has 2 N–H and O–H groups in total. The molecule has 1 saturated carbocycles. The fraction of sp³-hybridized carbons (Fsp3) is 0.519. The van der Waals surface area contributed by atoms with Gasteiger partial charge in [-0.3, -0.25) is 4.79 Å². The van der Waals surface area contributed by atoms with E-state index in [1.54, 1.807) is 18.3 Å². The molecule has 1 fully saturated rings. The summed E-state index contributed by atoms with van der Waals surface area (Å²) in [5, 5.41) is 13.7. The van der Waals surface area contributed by atoms with Gasteiger partial charge < -0.3 is 20.0 Å². The number of hydroxylamine groups is 2. The number of pyridine rings is 1. The van der Waals surface area contributed by atoms with E-state index >= 15 is 0 Å². The quantitative estimate of drug-likeness (QED) is 0.441. The van der Waals surface area contributed by atoms with E-state index in [1.165, 1.54) is 0 Å². The number of aromatic nitrogens is 1. The number of anilines is 1. The van der Waals surface area contributed by atoms with Crippen molar-refractivity contribution in [1.29, 1.82) is 0 Å². The van der Waals surface area contributed by atoms with Gasteiger partial charge in [-0.2, -0.15) is 0 Å². The Labute approximate surface area is 206 Å². The van der Waals surface area contributed by atoms with Gasteiger partial charge in [0, 0.05) is 29.3 Å². The molecule has 2 atom stereocenters. The van der Waals surface area contributed by atoms with Crippen LogP contribution >= 0.6 is 0 Å². The topological polar surface area (TPSA) is 101 Å². The third-order valence-electron chi connectivity index (χ3n) is 6.31. The van der Waals surface area contributed by atoms with Crippen LogP contribution in [0, 0.1) is 17.3 Å². The molecule has 0 spiro atoms. The van der Waals surface area contributed by atoms with Crippen molar-refractivity contribution < 1.29 is 24.3 Å². The highest BCUT2D eigenvalue weighted by Gasteiger charge is 2.30. The molecule has 1 aromatic heterocycles. The maximum atomic E-state index is 12.1. The number of ether oxygens (including phenoxy) is 1. The van der Waals surface area contributed by atoms with Crippen LogP contribution in [-0.2, 0) is 11.4 Å². The summed E-state index contributed by atoms with van der Waals surface area (Å²) in [7, 11) is 0. The zero-order valence-electron chi connectivity index (χ0n) is 21.1. The van der Waals surface area contributed by atoms with Gasteiger partial charge in [0.2, 0.25) is 5.91 Å². The number of carbonyl (C=O) groups is 2. The molecule has 188 valence electrons. The molecule has 1 aromatic carbocycles. The van der Waals surface area contributed by atoms with Crippen molar-refractivity contribution in [2.75, 3.05) is 5.32 Å². The maximum Gasteiger partial charge on any atom is 0.440 e. The first-order chi connectivity index (χ1) is 16.5. The van der Waals surface area contributed by atoms with E-state index in [0.29, 0.717) is 36.3 Å². The molecule has 2 unspecified atom stereocenters. The lowest BCUT2D eigenvalue weighted by Crippen LogP contribution is -2.41. The summed E-state index contributed by atoms with van der Waals surface area (Å²) in [6.45, 7) is 10.9. The first-order valence-corrected chi connectivity index (χ1v) is 12.3. The molecular formula is C27H35N3O5. The molecule has 2 heterocycles. The zero-order valence-corrected chi connectivity index (χ0v) is 21.1. The number of nitrogens with zero attached hydrogens (tertiary/aromatic N) is 2. The summed E-state index contributed by atoms with van der Waals surface area (Å²) in [5.41, 5.74) is 2.87. The van der Waals surface area contributed by atoms with Gasteiger partial charge in [-0.15, -0.1) is 5.06 Å². The van der Waals surface area contributed by atoms with E-state index in [1.807, 2.05) is 19.1 Å². The second kappa shape index (κ2) is 9.76. The predicted octanol–water partition coefficient (Wildman–Crippen LogP) is 6.11. The van der Waals surface area contributed by atoms with Crippen molar-refractivity contribution in [1.82, 2.24) is 10.0 Å². The standard InChI is InChI=1S/C27H35N3O5/c1-16(13-27(3,4)5)10-17(2)30(26(32)33)35-20-8-9-21-22-12-24(29-25(31)18-6-7-18)28-14-19(22)15-34-23(21)11-20/h8-9,11-12,14,16-18H,6-7,10,13,15H2,1-5H3,(H,32,33)(H,28,29,31). The number of hydrogen-bond donors (Lipinski definition) is 2. The van der Waals surface area contributed by atoms with E-state index in [4.69, 9.17) is 9.57 Å². The Morgan fingerprint density at radius 2 is 1.97 bits per heavy atom. The van der Waals surface area contributed by atoms with Crippen molar-refractivity contribution in [3.63, 3.8) is 0 Å². The van der Waals surface area contributed by atoms with Crippen LogP contribution < -0.4 is 14.9 Å². The summed E-state index contributed by atoms with van der Waals surface area (Å²) in [6, 6.07) is 6.84. The van der Waals surface area contributed by atoms with Gasteiger partial charge in [0.25, 0.3) is 0 Å². The summed E-state index contributed by atoms with van der Waals surface area (Å²) in [6.07, 6.45) is 4.13. The SMILES string of the molecule is CC(CC(C)N(Oc1ccc2c(c1)OCc1cnc(NC(=O)C3CC3)cc1-2)C(=O)O)CC(C)(C)C. The van der Waals surface area contributed by atoms with Gasteiger partial charge >= 0.3 is 6.09 Å². The second-order valence-electron chi connectivity index (χ2n) is 11.1. The second-order valence-corrected chi connectivity index (χ2v) is 11.1. The van der Waals surface area contributed by atoms with Crippen LogP contribution in [-0.4, -0.2) is 33.2 Å². The van der Waals surface area contributed by atoms with Crippen molar-refractivity contribution >= 4 is 17.8 Å². The maximum absolute atomic E-state index is 12.1. The minimum Gasteiger partial charge on any atom is -0.488 e. The van der Waals surface area contributed by atoms with E-state index in [9.17, 15) is 14.7 Å². The Kier molecular flexibility index (Phi) is 6.92. The summed E-state index contributed by atoms with van der Waals surface area (Å²) in [4.78, 5) is 34.3. The van der Waals surface area contributed by atoms with Gasteiger partial charge in [0.15, 0.2) is 5.75 Å². The highest BCUT2D eigenvalue weighted by molar-refractivity contribution is 5.94. The molecular weight excluding hydrogens is 446 g/mol. The van der Waals surface area contributed by atoms with Crippen LogP contribution in [0.1, 0.15) is 65.9 Å². The van der Waals surface area contributed by atoms with Crippen LogP contribution in [0.25, 0.3) is 11.1 Å². The number of fused-ring (bicyclic) bond motifs is 3. The molecule has 8 heteroatoms. The van der Waals surface area contributed by atoms with Crippen LogP contribution in [0.5, 0.6) is 11.5 Å². The zero-order chi connectivity index (χ0) is 25.3. The number of nitrogens with one attached hydrogen (secondary N) is 1. The van der Waals surface area contributed by atoms with Crippen LogP contribution in [0.15, 0.2) is 30.5 Å². The third kappa shape index (κ3) is 6.24. The molecule has 0 bridgehead atoms. The van der Waals surface area contributed by atoms with Crippen LogP contribution in [0.4, 0.5) is 10.6 Å². The van der Waals surface area contributed by atoms with Crippen LogP contribution in [0.2, 0.25) is 0 Å². The van der Waals surface area contributed by atoms with Gasteiger partial charge in [-0.25, -0.2) is 9.78 Å². The number of carbonyl (C=O) groups excluding carboxylic acids is 1. The first kappa shape index (κ1) is 24.8. The number of carboxylic acid groups (broad SMARTS) is 1. The number of benzene rings is 1. The summed E-state index contributed by atoms with van der Waals surface area (Å²) in [5.74, 6) is 1.96. The molecule has 4 rings (SSSR count). The number of hydrogen-bond acceptors (Lipinski definition) is 5. The van der Waals surface area contributed by atoms with Gasteiger partial charge in [-0.1, -0.05) is 27.7 Å². The fourth-order valence-corrected chi connectivity index (χ4v) is 4.79. The molecule has 0 radical (unpaired) electrons. The van der Waals surface area contributed by atoms with Gasteiger partial charge in [0.05, 0.1) is 6.04 Å². The minimum atomic E-state index is -1.13. The average Bonchev–Trinajstić information content (AvgIpc) is 3.61. The lowest BCUT2D eigenvalue weighted by molar-refractivity contribution is -0.117. The molecule has 2 amide bonds. The fourth-order valence-electron chi connectivity index (χ4n) is 4.79. The Bertz CT molecular complexity index is 1110. The van der Waals surface area contributed by atoms with E-state index < -0.39 is 6.09 Å². The molecule has 0 saturated heterocycles. The predicted molar refractivity (Wildman–Crippen MR) is 133 cm³/mol. The van der Waals surface area contributed by atoms with Gasteiger partial charge in [-0.05, 0) is 67.7 Å². The number of amides is 2. The van der Waals surface area contributed by atoms with Crippen molar-refractivity contribution in [2.24, 2.45) is 17.3 Å². The number of rotatable bonds is 8. The molecule has 1 aliphatic carbocycles. The normalized spacial score (nSPS) is 16.3. The third-order valence-corrected chi connectivity index (χ3v) is 6.31. The Hall–Kier alpha value is -3.29. The molecule has 35 heavy (non-hydrogen) atoms. The monoisotopic (exact) mass is 481 g/mol. The summed E-state index contributed by atoms with van der Waals surface area (Å²) < 4.78 is 5.91. The highest BCUT2D eigenvalue weighted by atomic mass is 16.7. The highest BCUT2D eigenvalue weighted by Crippen LogP contribution is 2.41. The smallest absolute Gasteiger partial charge is 0.440 e. The minimum absolute atomic E-state index is 0.00758. The van der Waals surface area contributed by atoms with Crippen molar-refractivity contribution in [3.05, 3.63) is 36.0 Å². The van der Waals surface area contributed by atoms with Gasteiger partial charge in [0.1, 0.15) is 18.2 Å². The molecule has 2 aliphatic rings. The van der Waals surface area contributed by atoms with Crippen molar-refractivity contribution in [2.45, 2.75) is 73.0 Å². The van der Waals surface area contributed by atoms with E-state index in [-0.39, 0.29) is 23.3 Å². The lowest BCUT2D eigenvalue weighted by atomic mass is 9.83. The first-order valence-electron chi connectivity index (χ1n) is 12.3.